The van der Waals surface area contributed by atoms with Crippen molar-refractivity contribution in [1.29, 1.82) is 0 Å². The highest BCUT2D eigenvalue weighted by Crippen LogP contribution is 2.34. The molecule has 3 heterocycles. The van der Waals surface area contributed by atoms with Crippen molar-refractivity contribution < 1.29 is 14.3 Å². The Balaban J connectivity index is 1.39. The fourth-order valence-electron chi connectivity index (χ4n) is 4.70. The Morgan fingerprint density at radius 1 is 1.11 bits per heavy atom. The van der Waals surface area contributed by atoms with Crippen LogP contribution in [0.15, 0.2) is 54.9 Å². The number of carbonyl (C=O) groups excluding carboxylic acids is 1. The van der Waals surface area contributed by atoms with Crippen molar-refractivity contribution >= 4 is 28.4 Å². The number of fused-ring (bicyclic) bond motifs is 1. The van der Waals surface area contributed by atoms with Gasteiger partial charge in [0.15, 0.2) is 5.82 Å². The first-order valence-electron chi connectivity index (χ1n) is 12.2. The molecular formula is C28H29ClFN5O2. The van der Waals surface area contributed by atoms with Crippen LogP contribution in [-0.2, 0) is 19.2 Å². The van der Waals surface area contributed by atoms with E-state index in [4.69, 9.17) is 11.6 Å². The molecule has 192 valence electrons. The van der Waals surface area contributed by atoms with E-state index in [2.05, 4.69) is 14.9 Å². The van der Waals surface area contributed by atoms with E-state index in [-0.39, 0.29) is 11.7 Å². The molecular weight excluding hydrogens is 493 g/mol. The summed E-state index contributed by atoms with van der Waals surface area (Å²) >= 11 is 6.62. The third-order valence-electron chi connectivity index (χ3n) is 6.77. The van der Waals surface area contributed by atoms with E-state index >= 15 is 0 Å². The summed E-state index contributed by atoms with van der Waals surface area (Å²) in [5, 5.41) is 11.6. The number of aryl methyl sites for hydroxylation is 1. The smallest absolute Gasteiger partial charge is 0.255 e. The van der Waals surface area contributed by atoms with Gasteiger partial charge in [-0.05, 0) is 49.7 Å². The van der Waals surface area contributed by atoms with E-state index in [0.717, 1.165) is 35.1 Å². The molecule has 9 heteroatoms. The van der Waals surface area contributed by atoms with Gasteiger partial charge in [-0.2, -0.15) is 0 Å². The molecule has 1 amide bonds. The van der Waals surface area contributed by atoms with Crippen molar-refractivity contribution in [3.05, 3.63) is 82.6 Å². The highest BCUT2D eigenvalue weighted by atomic mass is 35.5. The number of carbonyl (C=O) groups is 1. The number of aliphatic hydroxyl groups is 1. The highest BCUT2D eigenvalue weighted by Gasteiger charge is 2.26. The molecule has 2 aromatic heterocycles. The van der Waals surface area contributed by atoms with E-state index in [1.807, 2.05) is 34.8 Å². The van der Waals surface area contributed by atoms with Gasteiger partial charge in [-0.15, -0.1) is 0 Å². The largest absolute Gasteiger partial charge is 0.382 e. The van der Waals surface area contributed by atoms with Gasteiger partial charge in [0.05, 0.1) is 16.3 Å². The quantitative estimate of drug-likeness (QED) is 0.415. The van der Waals surface area contributed by atoms with Crippen molar-refractivity contribution in [2.24, 2.45) is 7.05 Å². The molecule has 0 aliphatic carbocycles. The normalized spacial score (nSPS) is 14.9. The molecule has 4 aromatic rings. The van der Waals surface area contributed by atoms with Crippen LogP contribution in [-0.4, -0.2) is 61.5 Å². The maximum atomic E-state index is 13.5. The maximum absolute atomic E-state index is 13.5. The summed E-state index contributed by atoms with van der Waals surface area (Å²) in [5.74, 6) is -0.0271. The third-order valence-corrected chi connectivity index (χ3v) is 7.08. The Bertz CT molecular complexity index is 1450. The van der Waals surface area contributed by atoms with Crippen molar-refractivity contribution in [2.45, 2.75) is 26.0 Å². The van der Waals surface area contributed by atoms with Gasteiger partial charge in [0, 0.05) is 68.6 Å². The predicted octanol–water partition coefficient (Wildman–Crippen LogP) is 4.61. The van der Waals surface area contributed by atoms with E-state index in [1.54, 1.807) is 38.2 Å². The number of aromatic nitrogens is 3. The van der Waals surface area contributed by atoms with Gasteiger partial charge < -0.3 is 14.6 Å². The summed E-state index contributed by atoms with van der Waals surface area (Å²) in [6.07, 6.45) is 3.57. The number of benzene rings is 2. The molecule has 0 unspecified atom stereocenters. The van der Waals surface area contributed by atoms with E-state index in [1.165, 1.54) is 12.1 Å². The van der Waals surface area contributed by atoms with Crippen LogP contribution in [0.3, 0.4) is 0 Å². The second-order valence-corrected chi connectivity index (χ2v) is 10.4. The van der Waals surface area contributed by atoms with Gasteiger partial charge in [0.2, 0.25) is 0 Å². The number of halogens is 2. The van der Waals surface area contributed by atoms with Crippen LogP contribution >= 0.6 is 11.6 Å². The number of hydrogen-bond donors (Lipinski definition) is 1. The van der Waals surface area contributed by atoms with Crippen LogP contribution in [0.1, 0.15) is 35.6 Å². The Kier molecular flexibility index (Phi) is 6.74. The Morgan fingerprint density at radius 2 is 1.81 bits per heavy atom. The fraction of sp³-hybridized carbons (Fsp3) is 0.321. The zero-order valence-electron chi connectivity index (χ0n) is 21.1. The number of amides is 1. The van der Waals surface area contributed by atoms with E-state index in [0.29, 0.717) is 41.7 Å². The van der Waals surface area contributed by atoms with Gasteiger partial charge >= 0.3 is 0 Å². The standard InChI is InChI=1S/C28H29ClFN5O2/c1-28(2,37)27-31-9-8-24(32-27)22-17-33(3)25-15-23(29)21(14-20(22)25)26(36)35-12-10-34(11-13-35)16-18-4-6-19(30)7-5-18/h4-9,14-15,17,37H,10-13,16H2,1-3H3. The second-order valence-electron chi connectivity index (χ2n) is 10.0. The molecule has 0 bridgehead atoms. The monoisotopic (exact) mass is 521 g/mol. The molecule has 0 saturated carbocycles. The van der Waals surface area contributed by atoms with Gasteiger partial charge in [-0.25, -0.2) is 14.4 Å². The first kappa shape index (κ1) is 25.3. The SMILES string of the molecule is Cn1cc(-c2ccnc(C(C)(C)O)n2)c2cc(C(=O)N3CCN(Cc4ccc(F)cc4)CC3)c(Cl)cc21. The van der Waals surface area contributed by atoms with E-state index in [9.17, 15) is 14.3 Å². The van der Waals surface area contributed by atoms with Crippen LogP contribution in [0, 0.1) is 5.82 Å². The second kappa shape index (κ2) is 9.85. The molecule has 1 saturated heterocycles. The molecule has 2 aromatic carbocycles. The van der Waals surface area contributed by atoms with Crippen LogP contribution < -0.4 is 0 Å². The zero-order valence-corrected chi connectivity index (χ0v) is 21.8. The molecule has 1 N–H and O–H groups in total. The summed E-state index contributed by atoms with van der Waals surface area (Å²) in [4.78, 5) is 26.4. The average molecular weight is 522 g/mol. The number of piperazine rings is 1. The first-order chi connectivity index (χ1) is 17.6. The van der Waals surface area contributed by atoms with Gasteiger partial charge in [-0.3, -0.25) is 9.69 Å². The minimum absolute atomic E-state index is 0.108. The molecule has 5 rings (SSSR count). The van der Waals surface area contributed by atoms with Gasteiger partial charge in [0.25, 0.3) is 5.91 Å². The maximum Gasteiger partial charge on any atom is 0.255 e. The van der Waals surface area contributed by atoms with Crippen molar-refractivity contribution in [2.75, 3.05) is 26.2 Å². The summed E-state index contributed by atoms with van der Waals surface area (Å²) < 4.78 is 15.1. The van der Waals surface area contributed by atoms with Gasteiger partial charge in [-0.1, -0.05) is 23.7 Å². The number of nitrogens with zero attached hydrogens (tertiary/aromatic N) is 5. The van der Waals surface area contributed by atoms with Crippen LogP contribution in [0.25, 0.3) is 22.2 Å². The average Bonchev–Trinajstić information content (AvgIpc) is 3.20. The number of rotatable bonds is 5. The molecule has 1 aliphatic heterocycles. The zero-order chi connectivity index (χ0) is 26.3. The topological polar surface area (TPSA) is 74.5 Å². The molecule has 1 fully saturated rings. The lowest BCUT2D eigenvalue weighted by molar-refractivity contribution is 0.0628. The fourth-order valence-corrected chi connectivity index (χ4v) is 4.94. The number of hydrogen-bond acceptors (Lipinski definition) is 5. The molecule has 0 atom stereocenters. The molecule has 0 spiro atoms. The molecule has 37 heavy (non-hydrogen) atoms. The summed E-state index contributed by atoms with van der Waals surface area (Å²) in [5.41, 5.74) is 2.69. The lowest BCUT2D eigenvalue weighted by Crippen LogP contribution is -2.48. The van der Waals surface area contributed by atoms with Crippen LogP contribution in [0.5, 0.6) is 0 Å². The van der Waals surface area contributed by atoms with Gasteiger partial charge in [0.1, 0.15) is 11.4 Å². The minimum atomic E-state index is -1.18. The molecule has 1 aliphatic rings. The lowest BCUT2D eigenvalue weighted by Gasteiger charge is -2.35. The minimum Gasteiger partial charge on any atom is -0.382 e. The third kappa shape index (κ3) is 5.23. The van der Waals surface area contributed by atoms with Crippen molar-refractivity contribution in [3.63, 3.8) is 0 Å². The first-order valence-corrected chi connectivity index (χ1v) is 12.6. The van der Waals surface area contributed by atoms with E-state index < -0.39 is 5.60 Å². The Morgan fingerprint density at radius 3 is 2.49 bits per heavy atom. The predicted molar refractivity (Wildman–Crippen MR) is 142 cm³/mol. The highest BCUT2D eigenvalue weighted by molar-refractivity contribution is 6.34. The lowest BCUT2D eigenvalue weighted by atomic mass is 10.0. The summed E-state index contributed by atoms with van der Waals surface area (Å²) in [6, 6.07) is 12.0. The Hall–Kier alpha value is -3.33. The summed E-state index contributed by atoms with van der Waals surface area (Å²) in [7, 11) is 1.92. The summed E-state index contributed by atoms with van der Waals surface area (Å²) in [6.45, 7) is 6.61. The van der Waals surface area contributed by atoms with Crippen molar-refractivity contribution in [3.8, 4) is 11.3 Å². The van der Waals surface area contributed by atoms with Crippen LogP contribution in [0.2, 0.25) is 5.02 Å². The van der Waals surface area contributed by atoms with Crippen LogP contribution in [0.4, 0.5) is 4.39 Å². The molecule has 0 radical (unpaired) electrons. The van der Waals surface area contributed by atoms with Crippen molar-refractivity contribution in [1.82, 2.24) is 24.3 Å². The molecule has 7 nitrogen and oxygen atoms in total. The Labute approximate surface area is 220 Å².